The summed E-state index contributed by atoms with van der Waals surface area (Å²) >= 11 is 1.75. The molecule has 2 aromatic heterocycles. The van der Waals surface area contributed by atoms with Gasteiger partial charge in [-0.25, -0.2) is 9.97 Å². The van der Waals surface area contributed by atoms with Crippen LogP contribution in [-0.2, 0) is 17.8 Å². The van der Waals surface area contributed by atoms with Crippen LogP contribution in [0, 0.1) is 5.41 Å². The van der Waals surface area contributed by atoms with Crippen LogP contribution in [-0.4, -0.2) is 40.4 Å². The molecule has 3 aromatic rings. The summed E-state index contributed by atoms with van der Waals surface area (Å²) < 4.78 is 0. The zero-order chi connectivity index (χ0) is 22.6. The summed E-state index contributed by atoms with van der Waals surface area (Å²) in [5, 5.41) is 5.23. The molecule has 1 aliphatic rings. The van der Waals surface area contributed by atoms with Crippen molar-refractivity contribution in [1.29, 1.82) is 0 Å². The average Bonchev–Trinajstić information content (AvgIpc) is 3.46. The van der Waals surface area contributed by atoms with Gasteiger partial charge >= 0.3 is 0 Å². The fraction of sp³-hybridized carbons (Fsp3) is 0.423. The molecule has 5 nitrogen and oxygen atoms in total. The highest BCUT2D eigenvalue weighted by molar-refractivity contribution is 7.13. The molecule has 1 amide bonds. The molecule has 168 valence electrons. The minimum Gasteiger partial charge on any atom is -0.356 e. The molecule has 32 heavy (non-hydrogen) atoms. The van der Waals surface area contributed by atoms with Crippen molar-refractivity contribution in [1.82, 2.24) is 20.2 Å². The van der Waals surface area contributed by atoms with Gasteiger partial charge in [-0.2, -0.15) is 0 Å². The Hall–Kier alpha value is -2.57. The Bertz CT molecular complexity index is 1030. The van der Waals surface area contributed by atoms with Crippen LogP contribution >= 0.6 is 11.3 Å². The largest absolute Gasteiger partial charge is 0.356 e. The minimum absolute atomic E-state index is 0.162. The van der Waals surface area contributed by atoms with Crippen LogP contribution in [0.2, 0.25) is 0 Å². The van der Waals surface area contributed by atoms with Gasteiger partial charge in [0.15, 0.2) is 0 Å². The molecule has 0 radical (unpaired) electrons. The van der Waals surface area contributed by atoms with Crippen LogP contribution in [0.3, 0.4) is 0 Å². The maximum absolute atomic E-state index is 13.3. The predicted molar refractivity (Wildman–Crippen MR) is 131 cm³/mol. The third-order valence-corrected chi connectivity index (χ3v) is 7.14. The average molecular weight is 449 g/mol. The highest BCUT2D eigenvalue weighted by Crippen LogP contribution is 2.38. The molecule has 0 unspecified atom stereocenters. The van der Waals surface area contributed by atoms with Crippen LogP contribution in [0.15, 0.2) is 54.2 Å². The maximum atomic E-state index is 13.3. The second-order valence-corrected chi connectivity index (χ2v) is 9.96. The van der Waals surface area contributed by atoms with E-state index in [1.807, 2.05) is 19.3 Å². The lowest BCUT2D eigenvalue weighted by Crippen LogP contribution is -2.44. The number of nitrogens with one attached hydrogen (secondary N) is 1. The van der Waals surface area contributed by atoms with E-state index in [1.54, 1.807) is 11.3 Å². The third kappa shape index (κ3) is 4.92. The molecule has 0 aliphatic carbocycles. The Morgan fingerprint density at radius 1 is 1.19 bits per heavy atom. The van der Waals surface area contributed by atoms with Crippen molar-refractivity contribution in [3.8, 4) is 10.4 Å². The summed E-state index contributed by atoms with van der Waals surface area (Å²) in [6, 6.07) is 12.8. The van der Waals surface area contributed by atoms with E-state index in [0.29, 0.717) is 12.5 Å². The van der Waals surface area contributed by atoms with Crippen LogP contribution in [0.25, 0.3) is 10.4 Å². The second-order valence-electron chi connectivity index (χ2n) is 9.02. The number of likely N-dealkylation sites (tertiary alicyclic amines) is 1. The fourth-order valence-corrected chi connectivity index (χ4v) is 5.35. The first kappa shape index (κ1) is 22.6. The van der Waals surface area contributed by atoms with Gasteiger partial charge in [-0.05, 0) is 48.9 Å². The molecule has 1 saturated heterocycles. The second kappa shape index (κ2) is 9.92. The smallest absolute Gasteiger partial charge is 0.227 e. The lowest BCUT2D eigenvalue weighted by atomic mass is 9.78. The van der Waals surface area contributed by atoms with E-state index in [0.717, 1.165) is 43.9 Å². The van der Waals surface area contributed by atoms with Crippen molar-refractivity contribution in [2.45, 2.75) is 46.1 Å². The first-order chi connectivity index (χ1) is 15.5. The van der Waals surface area contributed by atoms with Gasteiger partial charge in [0, 0.05) is 48.4 Å². The van der Waals surface area contributed by atoms with Crippen molar-refractivity contribution in [3.05, 3.63) is 71.1 Å². The summed E-state index contributed by atoms with van der Waals surface area (Å²) in [6.07, 6.45) is 5.45. The summed E-state index contributed by atoms with van der Waals surface area (Å²) in [5.41, 5.74) is 3.15. The van der Waals surface area contributed by atoms with Gasteiger partial charge < -0.3 is 5.32 Å². The van der Waals surface area contributed by atoms with Gasteiger partial charge in [-0.15, -0.1) is 11.3 Å². The van der Waals surface area contributed by atoms with E-state index < -0.39 is 5.41 Å². The van der Waals surface area contributed by atoms with E-state index >= 15 is 0 Å². The first-order valence-electron chi connectivity index (χ1n) is 11.4. The molecule has 3 heterocycles. The van der Waals surface area contributed by atoms with Gasteiger partial charge in [0.05, 0.1) is 5.41 Å². The molecule has 1 N–H and O–H groups in total. The van der Waals surface area contributed by atoms with E-state index in [1.165, 1.54) is 16.0 Å². The number of hydrogen-bond acceptors (Lipinski definition) is 5. The number of thiophene rings is 1. The highest BCUT2D eigenvalue weighted by Gasteiger charge is 2.44. The Kier molecular flexibility index (Phi) is 7.01. The number of carbonyl (C=O) groups is 1. The number of hydrogen-bond donors (Lipinski definition) is 1. The molecule has 1 fully saturated rings. The number of aromatic nitrogens is 2. The van der Waals surface area contributed by atoms with E-state index in [4.69, 9.17) is 0 Å². The Morgan fingerprint density at radius 2 is 1.97 bits per heavy atom. The molecule has 0 bridgehead atoms. The van der Waals surface area contributed by atoms with Crippen molar-refractivity contribution in [2.75, 3.05) is 19.6 Å². The van der Waals surface area contributed by atoms with E-state index in [9.17, 15) is 4.79 Å². The predicted octanol–water partition coefficient (Wildman–Crippen LogP) is 4.90. The molecular weight excluding hydrogens is 416 g/mol. The molecule has 1 atom stereocenters. The number of nitrogens with zero attached hydrogens (tertiary/aromatic N) is 3. The van der Waals surface area contributed by atoms with Crippen LogP contribution in [0.1, 0.15) is 50.1 Å². The fourth-order valence-electron chi connectivity index (χ4n) is 4.57. The number of benzene rings is 1. The van der Waals surface area contributed by atoms with Gasteiger partial charge in [-0.1, -0.05) is 44.2 Å². The van der Waals surface area contributed by atoms with Crippen molar-refractivity contribution in [2.24, 2.45) is 5.41 Å². The van der Waals surface area contributed by atoms with Crippen LogP contribution in [0.4, 0.5) is 0 Å². The van der Waals surface area contributed by atoms with Gasteiger partial charge in [0.1, 0.15) is 5.82 Å². The molecule has 0 saturated carbocycles. The zero-order valence-electron chi connectivity index (χ0n) is 19.2. The third-order valence-electron chi connectivity index (χ3n) is 6.23. The molecule has 6 heteroatoms. The minimum atomic E-state index is -0.428. The standard InChI is InChI=1S/C26H32N4OS/c1-4-27-25(31)26(14-21-8-5-6-9-22(21)23-10-7-13-32-23)11-12-30(18-26)17-20-15-28-24(19(2)3)29-16-20/h5-10,13,15-16,19H,4,11-12,14,17-18H2,1-3H3,(H,27,31)/t26-/m0/s1. The Balaban J connectivity index is 1.55. The van der Waals surface area contributed by atoms with Crippen LogP contribution in [0.5, 0.6) is 0 Å². The number of amides is 1. The monoisotopic (exact) mass is 448 g/mol. The molecule has 0 spiro atoms. The number of rotatable bonds is 8. The molecular formula is C26H32N4OS. The summed E-state index contributed by atoms with van der Waals surface area (Å²) in [7, 11) is 0. The zero-order valence-corrected chi connectivity index (χ0v) is 20.0. The summed E-state index contributed by atoms with van der Waals surface area (Å²) in [5.74, 6) is 1.36. The van der Waals surface area contributed by atoms with Gasteiger partial charge in [0.25, 0.3) is 0 Å². The quantitative estimate of drug-likeness (QED) is 0.533. The van der Waals surface area contributed by atoms with Crippen molar-refractivity contribution < 1.29 is 4.79 Å². The molecule has 1 aliphatic heterocycles. The van der Waals surface area contributed by atoms with E-state index in [-0.39, 0.29) is 5.91 Å². The Morgan fingerprint density at radius 3 is 2.66 bits per heavy atom. The summed E-state index contributed by atoms with van der Waals surface area (Å²) in [4.78, 5) is 26.0. The lowest BCUT2D eigenvalue weighted by Gasteiger charge is -2.29. The topological polar surface area (TPSA) is 58.1 Å². The Labute approximate surface area is 194 Å². The first-order valence-corrected chi connectivity index (χ1v) is 12.3. The maximum Gasteiger partial charge on any atom is 0.227 e. The van der Waals surface area contributed by atoms with Crippen molar-refractivity contribution in [3.63, 3.8) is 0 Å². The normalized spacial score (nSPS) is 18.9. The van der Waals surface area contributed by atoms with E-state index in [2.05, 4.69) is 75.8 Å². The van der Waals surface area contributed by atoms with Gasteiger partial charge in [-0.3, -0.25) is 9.69 Å². The summed E-state index contributed by atoms with van der Waals surface area (Å²) in [6.45, 7) is 9.25. The highest BCUT2D eigenvalue weighted by atomic mass is 32.1. The van der Waals surface area contributed by atoms with Crippen LogP contribution < -0.4 is 5.32 Å². The SMILES string of the molecule is CCNC(=O)[C@]1(Cc2ccccc2-c2cccs2)CCN(Cc2cnc(C(C)C)nc2)C1. The lowest BCUT2D eigenvalue weighted by molar-refractivity contribution is -0.130. The van der Waals surface area contributed by atoms with Crippen molar-refractivity contribution >= 4 is 17.2 Å². The molecule has 4 rings (SSSR count). The molecule has 1 aromatic carbocycles. The van der Waals surface area contributed by atoms with Gasteiger partial charge in [0.2, 0.25) is 5.91 Å². The number of carbonyl (C=O) groups excluding carboxylic acids is 1.